The number of hydrogen-bond acceptors (Lipinski definition) is 3. The minimum Gasteiger partial charge on any atom is -0.480 e. The number of aliphatic carboxylic acids is 1. The number of nitrogens with zero attached hydrogens (tertiary/aromatic N) is 1. The number of piperidine rings is 1. The van der Waals surface area contributed by atoms with E-state index in [1.807, 2.05) is 0 Å². The SMILES string of the molecule is C#CCN(CC(=O)O)C(=O)C1CCCNC1. The molecule has 0 bridgehead atoms. The molecule has 0 saturated carbocycles. The first-order chi connectivity index (χ1) is 7.65. The minimum absolute atomic E-state index is 0.0572. The maximum atomic E-state index is 12.0. The van der Waals surface area contributed by atoms with E-state index in [4.69, 9.17) is 11.5 Å². The van der Waals surface area contributed by atoms with Crippen LogP contribution >= 0.6 is 0 Å². The van der Waals surface area contributed by atoms with Gasteiger partial charge in [-0.05, 0) is 19.4 Å². The van der Waals surface area contributed by atoms with Crippen LogP contribution in [-0.4, -0.2) is 48.1 Å². The van der Waals surface area contributed by atoms with Crippen molar-refractivity contribution in [1.82, 2.24) is 10.2 Å². The van der Waals surface area contributed by atoms with E-state index in [1.165, 1.54) is 4.90 Å². The Hall–Kier alpha value is -1.54. The fraction of sp³-hybridized carbons (Fsp3) is 0.636. The molecule has 0 aromatic rings. The van der Waals surface area contributed by atoms with Gasteiger partial charge in [0.2, 0.25) is 5.91 Å². The molecule has 88 valence electrons. The Kier molecular flexibility index (Phi) is 4.80. The van der Waals surface area contributed by atoms with E-state index in [1.54, 1.807) is 0 Å². The predicted octanol–water partition coefficient (Wildman–Crippen LogP) is -0.468. The zero-order chi connectivity index (χ0) is 12.0. The molecule has 5 heteroatoms. The monoisotopic (exact) mass is 224 g/mol. The van der Waals surface area contributed by atoms with Crippen LogP contribution in [0.4, 0.5) is 0 Å². The van der Waals surface area contributed by atoms with Crippen LogP contribution < -0.4 is 5.32 Å². The highest BCUT2D eigenvalue weighted by atomic mass is 16.4. The van der Waals surface area contributed by atoms with Crippen molar-refractivity contribution in [2.75, 3.05) is 26.2 Å². The average molecular weight is 224 g/mol. The van der Waals surface area contributed by atoms with E-state index in [0.29, 0.717) is 6.54 Å². The molecule has 1 atom stereocenters. The van der Waals surface area contributed by atoms with Crippen molar-refractivity contribution in [3.8, 4) is 12.3 Å². The first-order valence-corrected chi connectivity index (χ1v) is 5.30. The molecule has 1 amide bonds. The van der Waals surface area contributed by atoms with Gasteiger partial charge in [-0.2, -0.15) is 0 Å². The number of carboxylic acids is 1. The van der Waals surface area contributed by atoms with Crippen LogP contribution in [-0.2, 0) is 9.59 Å². The van der Waals surface area contributed by atoms with Crippen LogP contribution in [0.5, 0.6) is 0 Å². The lowest BCUT2D eigenvalue weighted by Crippen LogP contribution is -2.45. The minimum atomic E-state index is -1.03. The maximum absolute atomic E-state index is 12.0. The van der Waals surface area contributed by atoms with Gasteiger partial charge in [0, 0.05) is 6.54 Å². The van der Waals surface area contributed by atoms with Gasteiger partial charge >= 0.3 is 5.97 Å². The number of rotatable bonds is 4. The number of carbonyl (C=O) groups excluding carboxylic acids is 1. The van der Waals surface area contributed by atoms with Gasteiger partial charge in [-0.3, -0.25) is 9.59 Å². The number of amides is 1. The van der Waals surface area contributed by atoms with Crippen LogP contribution in [0.2, 0.25) is 0 Å². The first-order valence-electron chi connectivity index (χ1n) is 5.30. The third kappa shape index (κ3) is 3.55. The second-order valence-electron chi connectivity index (χ2n) is 3.84. The molecule has 5 nitrogen and oxygen atoms in total. The highest BCUT2D eigenvalue weighted by molar-refractivity contribution is 5.83. The largest absolute Gasteiger partial charge is 0.480 e. The lowest BCUT2D eigenvalue weighted by atomic mass is 9.98. The van der Waals surface area contributed by atoms with E-state index >= 15 is 0 Å². The molecule has 1 aliphatic rings. The second kappa shape index (κ2) is 6.13. The summed E-state index contributed by atoms with van der Waals surface area (Å²) in [6.45, 7) is 1.26. The zero-order valence-corrected chi connectivity index (χ0v) is 9.11. The normalized spacial score (nSPS) is 19.8. The molecule has 1 aliphatic heterocycles. The van der Waals surface area contributed by atoms with Crippen molar-refractivity contribution in [2.45, 2.75) is 12.8 Å². The molecule has 1 rings (SSSR count). The topological polar surface area (TPSA) is 69.6 Å². The fourth-order valence-electron chi connectivity index (χ4n) is 1.81. The van der Waals surface area contributed by atoms with Crippen LogP contribution in [0.25, 0.3) is 0 Å². The highest BCUT2D eigenvalue weighted by Gasteiger charge is 2.26. The molecule has 0 radical (unpaired) electrons. The number of carbonyl (C=O) groups is 2. The number of hydrogen-bond donors (Lipinski definition) is 2. The number of terminal acetylenes is 1. The Morgan fingerprint density at radius 3 is 2.81 bits per heavy atom. The maximum Gasteiger partial charge on any atom is 0.323 e. The number of nitrogens with one attached hydrogen (secondary N) is 1. The Morgan fingerprint density at radius 2 is 2.31 bits per heavy atom. The van der Waals surface area contributed by atoms with Crippen LogP contribution in [0.3, 0.4) is 0 Å². The molecule has 16 heavy (non-hydrogen) atoms. The molecule has 2 N–H and O–H groups in total. The quantitative estimate of drug-likeness (QED) is 0.634. The van der Waals surface area contributed by atoms with Crippen molar-refractivity contribution < 1.29 is 14.7 Å². The Morgan fingerprint density at radius 1 is 1.56 bits per heavy atom. The summed E-state index contributed by atoms with van der Waals surface area (Å²) in [5.41, 5.74) is 0. The molecule has 0 spiro atoms. The highest BCUT2D eigenvalue weighted by Crippen LogP contribution is 2.13. The number of carboxylic acid groups (broad SMARTS) is 1. The average Bonchev–Trinajstić information content (AvgIpc) is 2.28. The summed E-state index contributed by atoms with van der Waals surface area (Å²) in [4.78, 5) is 23.8. The first kappa shape index (κ1) is 12.5. The summed E-state index contributed by atoms with van der Waals surface area (Å²) in [5, 5.41) is 11.8. The van der Waals surface area contributed by atoms with Gasteiger partial charge in [-0.25, -0.2) is 0 Å². The summed E-state index contributed by atoms with van der Waals surface area (Å²) in [6.07, 6.45) is 6.86. The third-order valence-electron chi connectivity index (χ3n) is 2.57. The summed E-state index contributed by atoms with van der Waals surface area (Å²) >= 11 is 0. The van der Waals surface area contributed by atoms with Gasteiger partial charge in [0.1, 0.15) is 6.54 Å². The molecule has 1 fully saturated rings. The molecular formula is C11H16N2O3. The van der Waals surface area contributed by atoms with E-state index in [-0.39, 0.29) is 24.9 Å². The molecule has 1 saturated heterocycles. The van der Waals surface area contributed by atoms with Gasteiger partial charge in [0.15, 0.2) is 0 Å². The fourth-order valence-corrected chi connectivity index (χ4v) is 1.81. The van der Waals surface area contributed by atoms with Crippen LogP contribution in [0, 0.1) is 18.3 Å². The van der Waals surface area contributed by atoms with E-state index in [0.717, 1.165) is 19.4 Å². The van der Waals surface area contributed by atoms with Crippen LogP contribution in [0.15, 0.2) is 0 Å². The summed E-state index contributed by atoms with van der Waals surface area (Å²) < 4.78 is 0. The lowest BCUT2D eigenvalue weighted by Gasteiger charge is -2.27. The summed E-state index contributed by atoms with van der Waals surface area (Å²) in [7, 11) is 0. The van der Waals surface area contributed by atoms with Crippen LogP contribution in [0.1, 0.15) is 12.8 Å². The van der Waals surface area contributed by atoms with Crippen molar-refractivity contribution in [1.29, 1.82) is 0 Å². The van der Waals surface area contributed by atoms with Gasteiger partial charge < -0.3 is 15.3 Å². The molecule has 0 aromatic heterocycles. The van der Waals surface area contributed by atoms with E-state index < -0.39 is 5.97 Å². The summed E-state index contributed by atoms with van der Waals surface area (Å²) in [5.74, 6) is 0.982. The summed E-state index contributed by atoms with van der Waals surface area (Å²) in [6, 6.07) is 0. The Balaban J connectivity index is 2.58. The van der Waals surface area contributed by atoms with Crippen molar-refractivity contribution in [3.05, 3.63) is 0 Å². The standard InChI is InChI=1S/C11H16N2O3/c1-2-6-13(8-10(14)15)11(16)9-4-3-5-12-7-9/h1,9,12H,3-8H2,(H,14,15). The Bertz CT molecular complexity index is 303. The van der Waals surface area contributed by atoms with E-state index in [9.17, 15) is 9.59 Å². The zero-order valence-electron chi connectivity index (χ0n) is 9.11. The smallest absolute Gasteiger partial charge is 0.323 e. The van der Waals surface area contributed by atoms with Crippen molar-refractivity contribution in [3.63, 3.8) is 0 Å². The molecular weight excluding hydrogens is 208 g/mol. The van der Waals surface area contributed by atoms with Crippen molar-refractivity contribution in [2.24, 2.45) is 5.92 Å². The van der Waals surface area contributed by atoms with Gasteiger partial charge in [0.05, 0.1) is 12.5 Å². The molecule has 1 heterocycles. The Labute approximate surface area is 94.8 Å². The molecule has 1 unspecified atom stereocenters. The molecule has 0 aliphatic carbocycles. The molecule has 0 aromatic carbocycles. The lowest BCUT2D eigenvalue weighted by molar-refractivity contribution is -0.146. The van der Waals surface area contributed by atoms with Gasteiger partial charge in [-0.1, -0.05) is 5.92 Å². The predicted molar refractivity (Wildman–Crippen MR) is 58.6 cm³/mol. The van der Waals surface area contributed by atoms with Crippen molar-refractivity contribution >= 4 is 11.9 Å². The van der Waals surface area contributed by atoms with Gasteiger partial charge in [-0.15, -0.1) is 6.42 Å². The van der Waals surface area contributed by atoms with E-state index in [2.05, 4.69) is 11.2 Å². The third-order valence-corrected chi connectivity index (χ3v) is 2.57. The van der Waals surface area contributed by atoms with Gasteiger partial charge in [0.25, 0.3) is 0 Å². The second-order valence-corrected chi connectivity index (χ2v) is 3.84.